The Morgan fingerprint density at radius 2 is 1.89 bits per heavy atom. The second-order valence-corrected chi connectivity index (χ2v) is 11.7. The molecular formula is C26H36N4O5S. The van der Waals surface area contributed by atoms with E-state index in [0.29, 0.717) is 39.3 Å². The van der Waals surface area contributed by atoms with E-state index in [1.54, 1.807) is 16.7 Å². The molecule has 0 aromatic heterocycles. The van der Waals surface area contributed by atoms with Crippen LogP contribution in [0.25, 0.3) is 0 Å². The monoisotopic (exact) mass is 516 g/mol. The van der Waals surface area contributed by atoms with Gasteiger partial charge in [0.1, 0.15) is 6.04 Å². The third-order valence-electron chi connectivity index (χ3n) is 8.05. The van der Waals surface area contributed by atoms with Gasteiger partial charge in [0.25, 0.3) is 0 Å². The lowest BCUT2D eigenvalue weighted by molar-refractivity contribution is -0.140. The van der Waals surface area contributed by atoms with Gasteiger partial charge in [0.15, 0.2) is 0 Å². The molecule has 10 heteroatoms. The lowest BCUT2D eigenvalue weighted by Crippen LogP contribution is -2.54. The second-order valence-electron chi connectivity index (χ2n) is 10.1. The van der Waals surface area contributed by atoms with Crippen molar-refractivity contribution in [2.75, 3.05) is 52.5 Å². The van der Waals surface area contributed by atoms with Crippen LogP contribution in [0, 0.1) is 11.8 Å². The summed E-state index contributed by atoms with van der Waals surface area (Å²) in [5, 5.41) is 15.6. The fraction of sp³-hybridized carbons (Fsp3) is 0.654. The quantitative estimate of drug-likeness (QED) is 0.408. The lowest BCUT2D eigenvalue weighted by atomic mass is 9.70. The maximum Gasteiger partial charge on any atom is 0.244 e. The number of fused-ring (bicyclic) bond motifs is 1. The molecule has 1 aromatic rings. The fourth-order valence-corrected chi connectivity index (χ4v) is 8.62. The molecule has 1 aromatic carbocycles. The highest BCUT2D eigenvalue weighted by molar-refractivity contribution is 8.02. The maximum absolute atomic E-state index is 13.8. The predicted octanol–water partition coefficient (Wildman–Crippen LogP) is 0.225. The molecule has 4 heterocycles. The normalized spacial score (nSPS) is 31.5. The van der Waals surface area contributed by atoms with E-state index in [1.165, 1.54) is 0 Å². The number of carbonyl (C=O) groups is 3. The fourth-order valence-electron chi connectivity index (χ4n) is 6.40. The number of benzene rings is 1. The number of rotatable bonds is 10. The summed E-state index contributed by atoms with van der Waals surface area (Å²) in [6.45, 7) is 5.04. The number of nitrogens with zero attached hydrogens (tertiary/aromatic N) is 2. The zero-order valence-electron chi connectivity index (χ0n) is 20.6. The molecule has 5 atom stereocenters. The minimum atomic E-state index is -0.617. The van der Waals surface area contributed by atoms with Gasteiger partial charge in [-0.3, -0.25) is 19.3 Å². The van der Waals surface area contributed by atoms with Gasteiger partial charge in [0, 0.05) is 51.1 Å². The molecule has 4 aliphatic heterocycles. The first-order chi connectivity index (χ1) is 17.5. The van der Waals surface area contributed by atoms with Gasteiger partial charge in [0.05, 0.1) is 29.8 Å². The molecule has 9 nitrogen and oxygen atoms in total. The summed E-state index contributed by atoms with van der Waals surface area (Å²) >= 11 is 1.67. The number of thioether (sulfide) groups is 1. The zero-order valence-corrected chi connectivity index (χ0v) is 21.4. The molecule has 4 fully saturated rings. The molecule has 2 bridgehead atoms. The Kier molecular flexibility index (Phi) is 7.85. The van der Waals surface area contributed by atoms with Crippen LogP contribution in [0.15, 0.2) is 30.3 Å². The number of hydrogen-bond acceptors (Lipinski definition) is 7. The van der Waals surface area contributed by atoms with E-state index in [0.717, 1.165) is 38.0 Å². The van der Waals surface area contributed by atoms with Gasteiger partial charge >= 0.3 is 0 Å². The summed E-state index contributed by atoms with van der Waals surface area (Å²) in [7, 11) is 0. The van der Waals surface area contributed by atoms with Gasteiger partial charge in [-0.25, -0.2) is 0 Å². The number of nitrogens with one attached hydrogen (secondary N) is 2. The van der Waals surface area contributed by atoms with Gasteiger partial charge in [-0.2, -0.15) is 0 Å². The van der Waals surface area contributed by atoms with Gasteiger partial charge in [-0.1, -0.05) is 30.3 Å². The van der Waals surface area contributed by atoms with Crippen molar-refractivity contribution >= 4 is 29.5 Å². The van der Waals surface area contributed by atoms with Gasteiger partial charge in [-0.15, -0.1) is 11.8 Å². The van der Waals surface area contributed by atoms with E-state index in [-0.39, 0.29) is 29.6 Å². The number of amides is 3. The number of morpholine rings is 1. The summed E-state index contributed by atoms with van der Waals surface area (Å²) in [5.74, 6) is -1.32. The van der Waals surface area contributed by atoms with E-state index >= 15 is 0 Å². The third kappa shape index (κ3) is 4.76. The second kappa shape index (κ2) is 11.1. The van der Waals surface area contributed by atoms with Gasteiger partial charge < -0.3 is 25.4 Å². The topological polar surface area (TPSA) is 111 Å². The summed E-state index contributed by atoms with van der Waals surface area (Å²) in [5.41, 5.74) is 1.01. The zero-order chi connectivity index (χ0) is 25.1. The van der Waals surface area contributed by atoms with E-state index in [1.807, 2.05) is 30.3 Å². The number of hydrogen-bond donors (Lipinski definition) is 3. The molecule has 4 aliphatic rings. The molecular weight excluding hydrogens is 480 g/mol. The van der Waals surface area contributed by atoms with E-state index in [2.05, 4.69) is 15.5 Å². The Hall–Kier alpha value is -2.14. The molecule has 1 spiro atoms. The van der Waals surface area contributed by atoms with Crippen LogP contribution in [-0.2, 0) is 25.7 Å². The molecule has 3 N–H and O–H groups in total. The van der Waals surface area contributed by atoms with Crippen molar-refractivity contribution in [1.82, 2.24) is 20.4 Å². The van der Waals surface area contributed by atoms with Gasteiger partial charge in [-0.05, 0) is 24.8 Å². The van der Waals surface area contributed by atoms with Crippen molar-refractivity contribution in [3.8, 4) is 0 Å². The Morgan fingerprint density at radius 1 is 1.11 bits per heavy atom. The molecule has 5 rings (SSSR count). The number of aliphatic hydroxyl groups is 1. The van der Waals surface area contributed by atoms with Crippen LogP contribution in [0.2, 0.25) is 0 Å². The Bertz CT molecular complexity index is 959. The van der Waals surface area contributed by atoms with Crippen molar-refractivity contribution in [3.05, 3.63) is 35.9 Å². The number of ether oxygens (including phenoxy) is 1. The SMILES string of the molecule is O=C(NCCN1CCOCC1)C1N(CCCO)C(=O)[C@@H]2[C@H](C(=O)NCc3ccccc3)[C@@H]3CCC12S3. The van der Waals surface area contributed by atoms with Gasteiger partial charge in [0.2, 0.25) is 17.7 Å². The average molecular weight is 517 g/mol. The molecule has 196 valence electrons. The van der Waals surface area contributed by atoms with Crippen LogP contribution < -0.4 is 10.6 Å². The Labute approximate surface area is 216 Å². The van der Waals surface area contributed by atoms with Crippen LogP contribution in [0.3, 0.4) is 0 Å². The van der Waals surface area contributed by atoms with Crippen molar-refractivity contribution in [2.45, 2.75) is 41.8 Å². The highest BCUT2D eigenvalue weighted by atomic mass is 32.2. The molecule has 0 radical (unpaired) electrons. The molecule has 4 saturated heterocycles. The van der Waals surface area contributed by atoms with Crippen LogP contribution in [0.5, 0.6) is 0 Å². The van der Waals surface area contributed by atoms with Crippen LogP contribution in [-0.4, -0.2) is 101 Å². The number of likely N-dealkylation sites (tertiary alicyclic amines) is 1. The smallest absolute Gasteiger partial charge is 0.244 e. The van der Waals surface area contributed by atoms with Crippen molar-refractivity contribution in [3.63, 3.8) is 0 Å². The number of aliphatic hydroxyl groups excluding tert-OH is 1. The molecule has 0 saturated carbocycles. The summed E-state index contributed by atoms with van der Waals surface area (Å²) in [6.07, 6.45) is 1.98. The highest BCUT2D eigenvalue weighted by Crippen LogP contribution is 2.66. The Balaban J connectivity index is 1.30. The summed E-state index contributed by atoms with van der Waals surface area (Å²) in [4.78, 5) is 44.6. The summed E-state index contributed by atoms with van der Waals surface area (Å²) in [6, 6.07) is 9.12. The Morgan fingerprint density at radius 3 is 2.64 bits per heavy atom. The largest absolute Gasteiger partial charge is 0.396 e. The minimum absolute atomic E-state index is 0.0402. The first-order valence-corrected chi connectivity index (χ1v) is 13.9. The molecule has 0 aliphatic carbocycles. The molecule has 2 unspecified atom stereocenters. The van der Waals surface area contributed by atoms with Crippen molar-refractivity contribution in [2.24, 2.45) is 11.8 Å². The molecule has 36 heavy (non-hydrogen) atoms. The van der Waals surface area contributed by atoms with Crippen molar-refractivity contribution in [1.29, 1.82) is 0 Å². The predicted molar refractivity (Wildman–Crippen MR) is 136 cm³/mol. The third-order valence-corrected chi connectivity index (χ3v) is 10.0. The van der Waals surface area contributed by atoms with Crippen LogP contribution in [0.4, 0.5) is 0 Å². The first-order valence-electron chi connectivity index (χ1n) is 13.0. The lowest BCUT2D eigenvalue weighted by Gasteiger charge is -2.34. The highest BCUT2D eigenvalue weighted by Gasteiger charge is 2.73. The number of carbonyl (C=O) groups excluding carboxylic acids is 3. The van der Waals surface area contributed by atoms with Crippen molar-refractivity contribution < 1.29 is 24.2 Å². The van der Waals surface area contributed by atoms with Crippen LogP contribution >= 0.6 is 11.8 Å². The minimum Gasteiger partial charge on any atom is -0.396 e. The van der Waals surface area contributed by atoms with E-state index < -0.39 is 22.6 Å². The average Bonchev–Trinajstić information content (AvgIpc) is 3.54. The maximum atomic E-state index is 13.8. The summed E-state index contributed by atoms with van der Waals surface area (Å²) < 4.78 is 4.81. The first kappa shape index (κ1) is 25.5. The van der Waals surface area contributed by atoms with Crippen LogP contribution in [0.1, 0.15) is 24.8 Å². The van der Waals surface area contributed by atoms with E-state index in [4.69, 9.17) is 4.74 Å². The standard InChI is InChI=1S/C26H36N4O5S/c31-14-4-10-30-22(24(33)27-9-11-29-12-15-35-16-13-29)26-8-7-19(36-26)20(21(26)25(30)34)23(32)28-17-18-5-2-1-3-6-18/h1-3,5-6,19-22,31H,4,7-17H2,(H,27,33)(H,28,32)/t19-,20+,21-,22?,26?/m0/s1. The molecule has 3 amide bonds. The van der Waals surface area contributed by atoms with E-state index in [9.17, 15) is 19.5 Å².